The predicted molar refractivity (Wildman–Crippen MR) is 98.8 cm³/mol. The molecular formula is C20H22FN5O. The van der Waals surface area contributed by atoms with Gasteiger partial charge in [-0.15, -0.1) is 0 Å². The van der Waals surface area contributed by atoms with E-state index in [9.17, 15) is 4.39 Å². The van der Waals surface area contributed by atoms with Crippen LogP contribution in [0, 0.1) is 12.7 Å². The molecule has 0 bridgehead atoms. The van der Waals surface area contributed by atoms with E-state index in [0.717, 1.165) is 37.4 Å². The van der Waals surface area contributed by atoms with Gasteiger partial charge in [0.15, 0.2) is 11.6 Å². The van der Waals surface area contributed by atoms with E-state index in [1.54, 1.807) is 24.3 Å². The second-order valence-corrected chi connectivity index (χ2v) is 6.82. The fraction of sp³-hybridized carbons (Fsp3) is 0.350. The maximum atomic E-state index is 13.9. The third-order valence-electron chi connectivity index (χ3n) is 4.83. The number of hydrogen-bond acceptors (Lipinski definition) is 5. The summed E-state index contributed by atoms with van der Waals surface area (Å²) >= 11 is 0. The third-order valence-corrected chi connectivity index (χ3v) is 4.83. The average Bonchev–Trinajstić information content (AvgIpc) is 3.26. The lowest BCUT2D eigenvalue weighted by Crippen LogP contribution is -2.26. The summed E-state index contributed by atoms with van der Waals surface area (Å²) in [6.45, 7) is 3.62. The largest absolute Gasteiger partial charge is 0.436 e. The molecule has 1 aliphatic rings. The van der Waals surface area contributed by atoms with Crippen LogP contribution in [0.25, 0.3) is 0 Å². The van der Waals surface area contributed by atoms with Crippen molar-refractivity contribution in [3.63, 3.8) is 0 Å². The Labute approximate surface area is 157 Å². The van der Waals surface area contributed by atoms with Gasteiger partial charge in [0.25, 0.3) is 0 Å². The third kappa shape index (κ3) is 3.83. The number of rotatable bonds is 5. The summed E-state index contributed by atoms with van der Waals surface area (Å²) in [7, 11) is 2.00. The van der Waals surface area contributed by atoms with Crippen LogP contribution in [0.1, 0.15) is 36.2 Å². The van der Waals surface area contributed by atoms with E-state index in [0.29, 0.717) is 11.7 Å². The summed E-state index contributed by atoms with van der Waals surface area (Å²) in [5.74, 6) is 1.85. The van der Waals surface area contributed by atoms with Crippen molar-refractivity contribution in [2.45, 2.75) is 32.4 Å². The number of para-hydroxylation sites is 1. The first-order chi connectivity index (χ1) is 13.1. The van der Waals surface area contributed by atoms with Gasteiger partial charge in [0.2, 0.25) is 5.88 Å². The summed E-state index contributed by atoms with van der Waals surface area (Å²) in [6, 6.07) is 8.16. The lowest BCUT2D eigenvalue weighted by Gasteiger charge is -2.23. The molecule has 7 heteroatoms. The minimum atomic E-state index is -0.410. The molecule has 1 aliphatic heterocycles. The number of aromatic nitrogens is 4. The molecule has 1 saturated heterocycles. The van der Waals surface area contributed by atoms with Gasteiger partial charge in [-0.25, -0.2) is 14.4 Å². The topological polar surface area (TPSA) is 56.1 Å². The van der Waals surface area contributed by atoms with E-state index in [-0.39, 0.29) is 11.8 Å². The first-order valence-electron chi connectivity index (χ1n) is 9.08. The molecule has 2 aromatic heterocycles. The van der Waals surface area contributed by atoms with Crippen molar-refractivity contribution in [3.05, 3.63) is 65.9 Å². The molecule has 1 unspecified atom stereocenters. The van der Waals surface area contributed by atoms with Crippen LogP contribution in [0.5, 0.6) is 11.6 Å². The number of aryl methyl sites for hydroxylation is 2. The van der Waals surface area contributed by atoms with Crippen molar-refractivity contribution in [2.75, 3.05) is 6.54 Å². The highest BCUT2D eigenvalue weighted by Gasteiger charge is 2.29. The normalized spacial score (nSPS) is 17.4. The summed E-state index contributed by atoms with van der Waals surface area (Å²) < 4.78 is 21.6. The van der Waals surface area contributed by atoms with Gasteiger partial charge in [-0.3, -0.25) is 4.90 Å². The van der Waals surface area contributed by atoms with Gasteiger partial charge in [0.1, 0.15) is 11.6 Å². The van der Waals surface area contributed by atoms with Crippen LogP contribution in [0.2, 0.25) is 0 Å². The Morgan fingerprint density at radius 1 is 1.26 bits per heavy atom. The molecule has 27 heavy (non-hydrogen) atoms. The van der Waals surface area contributed by atoms with Gasteiger partial charge in [0.05, 0.1) is 12.6 Å². The van der Waals surface area contributed by atoms with Crippen LogP contribution in [-0.4, -0.2) is 31.0 Å². The van der Waals surface area contributed by atoms with Crippen molar-refractivity contribution in [1.29, 1.82) is 0 Å². The monoisotopic (exact) mass is 367 g/mol. The number of ether oxygens (including phenoxy) is 1. The number of hydrogen-bond donors (Lipinski definition) is 0. The maximum Gasteiger partial charge on any atom is 0.222 e. The fourth-order valence-electron chi connectivity index (χ4n) is 3.44. The molecule has 1 fully saturated rings. The Bertz CT molecular complexity index is 942. The van der Waals surface area contributed by atoms with Gasteiger partial charge in [-0.1, -0.05) is 12.1 Å². The van der Waals surface area contributed by atoms with Gasteiger partial charge in [-0.05, 0) is 38.4 Å². The molecule has 0 N–H and O–H groups in total. The molecule has 0 radical (unpaired) electrons. The Kier molecular flexibility index (Phi) is 4.85. The zero-order chi connectivity index (χ0) is 18.8. The SMILES string of the molecule is Cc1cc(Oc2ccccc2F)nc(C2CCCN2Cc2nccn2C)n1. The number of nitrogens with zero attached hydrogens (tertiary/aromatic N) is 5. The Morgan fingerprint density at radius 2 is 2.11 bits per heavy atom. The number of likely N-dealkylation sites (tertiary alicyclic amines) is 1. The zero-order valence-electron chi connectivity index (χ0n) is 15.5. The highest BCUT2D eigenvalue weighted by atomic mass is 19.1. The van der Waals surface area contributed by atoms with Crippen molar-refractivity contribution in [3.8, 4) is 11.6 Å². The average molecular weight is 367 g/mol. The maximum absolute atomic E-state index is 13.9. The molecule has 0 amide bonds. The fourth-order valence-corrected chi connectivity index (χ4v) is 3.44. The van der Waals surface area contributed by atoms with Gasteiger partial charge >= 0.3 is 0 Å². The summed E-state index contributed by atoms with van der Waals surface area (Å²) in [6.07, 6.45) is 5.82. The van der Waals surface area contributed by atoms with Crippen LogP contribution in [0.15, 0.2) is 42.7 Å². The highest BCUT2D eigenvalue weighted by Crippen LogP contribution is 2.32. The van der Waals surface area contributed by atoms with Crippen molar-refractivity contribution in [1.82, 2.24) is 24.4 Å². The van der Waals surface area contributed by atoms with Crippen LogP contribution < -0.4 is 4.74 Å². The second-order valence-electron chi connectivity index (χ2n) is 6.82. The van der Waals surface area contributed by atoms with Crippen LogP contribution >= 0.6 is 0 Å². The van der Waals surface area contributed by atoms with Gasteiger partial charge in [0, 0.05) is 31.2 Å². The van der Waals surface area contributed by atoms with Gasteiger partial charge in [-0.2, -0.15) is 4.98 Å². The van der Waals surface area contributed by atoms with Crippen molar-refractivity contribution in [2.24, 2.45) is 7.05 Å². The van der Waals surface area contributed by atoms with Crippen LogP contribution in [-0.2, 0) is 13.6 Å². The molecule has 4 rings (SSSR count). The quantitative estimate of drug-likeness (QED) is 0.687. The van der Waals surface area contributed by atoms with E-state index < -0.39 is 5.82 Å². The van der Waals surface area contributed by atoms with Crippen molar-refractivity contribution >= 4 is 0 Å². The predicted octanol–water partition coefficient (Wildman–Crippen LogP) is 3.79. The summed E-state index contributed by atoms with van der Waals surface area (Å²) in [5.41, 5.74) is 0.801. The number of benzene rings is 1. The molecule has 3 heterocycles. The molecule has 3 aromatic rings. The molecule has 0 aliphatic carbocycles. The van der Waals surface area contributed by atoms with Crippen LogP contribution in [0.4, 0.5) is 4.39 Å². The van der Waals surface area contributed by atoms with E-state index in [2.05, 4.69) is 19.9 Å². The molecule has 1 atom stereocenters. The first-order valence-corrected chi connectivity index (χ1v) is 9.08. The van der Waals surface area contributed by atoms with Crippen LogP contribution in [0.3, 0.4) is 0 Å². The standard InChI is InChI=1S/C20H22FN5O/c1-14-12-19(27-17-8-4-3-6-15(17)21)24-20(23-14)16-7-5-10-26(16)13-18-22-9-11-25(18)2/h3-4,6,8-9,11-12,16H,5,7,10,13H2,1-2H3. The molecule has 140 valence electrons. The summed E-state index contributed by atoms with van der Waals surface area (Å²) in [4.78, 5) is 16.0. The van der Waals surface area contributed by atoms with E-state index >= 15 is 0 Å². The summed E-state index contributed by atoms with van der Waals surface area (Å²) in [5, 5.41) is 0. The lowest BCUT2D eigenvalue weighted by atomic mass is 10.2. The highest BCUT2D eigenvalue weighted by molar-refractivity contribution is 5.29. The molecule has 0 saturated carbocycles. The Balaban J connectivity index is 1.58. The second kappa shape index (κ2) is 7.44. The minimum Gasteiger partial charge on any atom is -0.436 e. The molecule has 1 aromatic carbocycles. The zero-order valence-corrected chi connectivity index (χ0v) is 15.5. The van der Waals surface area contributed by atoms with Gasteiger partial charge < -0.3 is 9.30 Å². The Hall–Kier alpha value is -2.80. The minimum absolute atomic E-state index is 0.101. The number of halogens is 1. The number of imidazole rings is 1. The van der Waals surface area contributed by atoms with Crippen molar-refractivity contribution < 1.29 is 9.13 Å². The van der Waals surface area contributed by atoms with E-state index in [1.807, 2.05) is 30.9 Å². The first kappa shape index (κ1) is 17.6. The molecule has 0 spiro atoms. The lowest BCUT2D eigenvalue weighted by molar-refractivity contribution is 0.230. The van der Waals surface area contributed by atoms with E-state index in [4.69, 9.17) is 4.74 Å². The Morgan fingerprint density at radius 3 is 2.89 bits per heavy atom. The smallest absolute Gasteiger partial charge is 0.222 e. The molecule has 6 nitrogen and oxygen atoms in total. The van der Waals surface area contributed by atoms with E-state index in [1.165, 1.54) is 6.07 Å². The molecular weight excluding hydrogens is 345 g/mol.